The third-order valence-electron chi connectivity index (χ3n) is 3.54. The van der Waals surface area contributed by atoms with E-state index in [0.29, 0.717) is 17.1 Å². The second kappa shape index (κ2) is 8.69. The summed E-state index contributed by atoms with van der Waals surface area (Å²) in [5.74, 6) is 0.865. The number of hydrogen-bond donors (Lipinski definition) is 1. The van der Waals surface area contributed by atoms with Crippen LogP contribution in [-0.2, 0) is 0 Å². The molecule has 128 valence electrons. The average molecular weight is 333 g/mol. The van der Waals surface area contributed by atoms with Gasteiger partial charge in [0.15, 0.2) is 0 Å². The van der Waals surface area contributed by atoms with E-state index in [-0.39, 0.29) is 5.91 Å². The second-order valence-corrected chi connectivity index (χ2v) is 5.72. The number of carbonyl (C=O) groups excluding carboxylic acids is 1. The van der Waals surface area contributed by atoms with Gasteiger partial charge in [-0.3, -0.25) is 4.79 Å². The van der Waals surface area contributed by atoms with Gasteiger partial charge in [0.2, 0.25) is 0 Å². The first-order valence-electron chi connectivity index (χ1n) is 8.15. The van der Waals surface area contributed by atoms with E-state index in [1.165, 1.54) is 0 Å². The van der Waals surface area contributed by atoms with E-state index in [1.807, 2.05) is 69.3 Å². The molecule has 0 aromatic heterocycles. The Hall–Kier alpha value is -3.07. The first-order valence-corrected chi connectivity index (χ1v) is 8.15. The van der Waals surface area contributed by atoms with Crippen LogP contribution in [0, 0.1) is 13.8 Å². The summed E-state index contributed by atoms with van der Waals surface area (Å²) in [6, 6.07) is 13.2. The van der Waals surface area contributed by atoms with Crippen molar-refractivity contribution in [3.8, 4) is 5.75 Å². The lowest BCUT2D eigenvalue weighted by atomic mass is 10.1. The lowest BCUT2D eigenvalue weighted by molar-refractivity contribution is 0.102. The molecule has 0 fully saturated rings. The summed E-state index contributed by atoms with van der Waals surface area (Å²) in [6.07, 6.45) is 7.18. The van der Waals surface area contributed by atoms with Gasteiger partial charge in [0.05, 0.1) is 5.56 Å². The molecule has 0 aliphatic carbocycles. The van der Waals surface area contributed by atoms with Crippen molar-refractivity contribution in [3.05, 3.63) is 95.8 Å². The third-order valence-corrected chi connectivity index (χ3v) is 3.54. The Labute approximate surface area is 149 Å². The van der Waals surface area contributed by atoms with E-state index in [0.717, 1.165) is 16.8 Å². The lowest BCUT2D eigenvalue weighted by Gasteiger charge is -2.13. The Balaban J connectivity index is 2.31. The van der Waals surface area contributed by atoms with Gasteiger partial charge < -0.3 is 10.1 Å². The molecule has 1 N–H and O–H groups in total. The fourth-order valence-corrected chi connectivity index (χ4v) is 2.28. The number of hydrogen-bond acceptors (Lipinski definition) is 2. The molecule has 3 nitrogen and oxygen atoms in total. The Kier molecular flexibility index (Phi) is 6.35. The monoisotopic (exact) mass is 333 g/mol. The molecule has 3 heteroatoms. The maximum atomic E-state index is 12.7. The summed E-state index contributed by atoms with van der Waals surface area (Å²) in [7, 11) is 0. The van der Waals surface area contributed by atoms with Crippen molar-refractivity contribution in [2.45, 2.75) is 20.8 Å². The first kappa shape index (κ1) is 18.3. The Morgan fingerprint density at radius 1 is 1.12 bits per heavy atom. The van der Waals surface area contributed by atoms with Gasteiger partial charge in [-0.2, -0.15) is 0 Å². The maximum absolute atomic E-state index is 12.7. The number of amides is 1. The van der Waals surface area contributed by atoms with Gasteiger partial charge >= 0.3 is 0 Å². The van der Waals surface area contributed by atoms with Crippen LogP contribution < -0.4 is 10.1 Å². The van der Waals surface area contributed by atoms with Crippen LogP contribution in [-0.4, -0.2) is 5.91 Å². The third kappa shape index (κ3) is 5.21. The van der Waals surface area contributed by atoms with E-state index >= 15 is 0 Å². The van der Waals surface area contributed by atoms with Crippen molar-refractivity contribution in [1.29, 1.82) is 0 Å². The summed E-state index contributed by atoms with van der Waals surface area (Å²) in [5, 5.41) is 2.92. The van der Waals surface area contributed by atoms with Crippen molar-refractivity contribution >= 4 is 11.6 Å². The van der Waals surface area contributed by atoms with E-state index in [9.17, 15) is 4.79 Å². The van der Waals surface area contributed by atoms with Crippen molar-refractivity contribution < 1.29 is 9.53 Å². The minimum atomic E-state index is -0.213. The van der Waals surface area contributed by atoms with E-state index in [4.69, 9.17) is 4.74 Å². The number of anilines is 1. The molecule has 0 heterocycles. The quantitative estimate of drug-likeness (QED) is 0.553. The van der Waals surface area contributed by atoms with Gasteiger partial charge in [-0.05, 0) is 68.3 Å². The molecular weight excluding hydrogens is 310 g/mol. The maximum Gasteiger partial charge on any atom is 0.259 e. The molecule has 0 atom stereocenters. The number of aryl methyl sites for hydroxylation is 2. The van der Waals surface area contributed by atoms with Crippen LogP contribution in [0.1, 0.15) is 28.4 Å². The van der Waals surface area contributed by atoms with Crippen LogP contribution in [0.3, 0.4) is 0 Å². The molecule has 0 spiro atoms. The molecule has 0 unspecified atom stereocenters. The minimum absolute atomic E-state index is 0.213. The highest BCUT2D eigenvalue weighted by atomic mass is 16.5. The second-order valence-electron chi connectivity index (χ2n) is 5.72. The SMILES string of the molecule is C=C/C(=C\C=C/C)Oc1cc(C)ccc1C(=O)Nc1cccc(C)c1. The number of nitrogens with one attached hydrogen (secondary N) is 1. The van der Waals surface area contributed by atoms with Crippen LogP contribution in [0.4, 0.5) is 5.69 Å². The number of allylic oxidation sites excluding steroid dienone is 4. The highest BCUT2D eigenvalue weighted by Crippen LogP contribution is 2.24. The summed E-state index contributed by atoms with van der Waals surface area (Å²) < 4.78 is 5.89. The molecular formula is C22H23NO2. The predicted molar refractivity (Wildman–Crippen MR) is 104 cm³/mol. The van der Waals surface area contributed by atoms with Crippen LogP contribution >= 0.6 is 0 Å². The highest BCUT2D eigenvalue weighted by molar-refractivity contribution is 6.06. The van der Waals surface area contributed by atoms with Crippen molar-refractivity contribution in [1.82, 2.24) is 0 Å². The fourth-order valence-electron chi connectivity index (χ4n) is 2.28. The standard InChI is InChI=1S/C22H23NO2/c1-5-7-11-19(6-2)25-21-15-17(4)12-13-20(21)22(24)23-18-10-8-9-16(3)14-18/h5-15H,2H2,1,3-4H3,(H,23,24)/b7-5-,19-11+. The van der Waals surface area contributed by atoms with Gasteiger partial charge in [-0.25, -0.2) is 0 Å². The van der Waals surface area contributed by atoms with Crippen LogP contribution in [0.5, 0.6) is 5.75 Å². The normalized spacial score (nSPS) is 11.4. The van der Waals surface area contributed by atoms with Crippen LogP contribution in [0.2, 0.25) is 0 Å². The van der Waals surface area contributed by atoms with Crippen molar-refractivity contribution in [3.63, 3.8) is 0 Å². The molecule has 1 amide bonds. The Bertz CT molecular complexity index is 832. The average Bonchev–Trinajstić information content (AvgIpc) is 2.58. The van der Waals surface area contributed by atoms with Gasteiger partial charge in [0.25, 0.3) is 5.91 Å². The summed E-state index contributed by atoms with van der Waals surface area (Å²) in [4.78, 5) is 12.7. The molecule has 25 heavy (non-hydrogen) atoms. The first-order chi connectivity index (χ1) is 12.0. The lowest BCUT2D eigenvalue weighted by Crippen LogP contribution is -2.13. The van der Waals surface area contributed by atoms with Gasteiger partial charge in [0, 0.05) is 5.69 Å². The molecule has 0 radical (unpaired) electrons. The summed E-state index contributed by atoms with van der Waals surface area (Å²) in [6.45, 7) is 9.62. The number of benzene rings is 2. The van der Waals surface area contributed by atoms with E-state index in [1.54, 1.807) is 18.2 Å². The number of ether oxygens (including phenoxy) is 1. The minimum Gasteiger partial charge on any atom is -0.457 e. The van der Waals surface area contributed by atoms with Crippen LogP contribution in [0.15, 0.2) is 79.1 Å². The molecule has 2 aromatic carbocycles. The van der Waals surface area contributed by atoms with Crippen LogP contribution in [0.25, 0.3) is 0 Å². The highest BCUT2D eigenvalue weighted by Gasteiger charge is 2.14. The Morgan fingerprint density at radius 2 is 1.88 bits per heavy atom. The molecule has 0 aliphatic rings. The van der Waals surface area contributed by atoms with E-state index in [2.05, 4.69) is 11.9 Å². The summed E-state index contributed by atoms with van der Waals surface area (Å²) in [5.41, 5.74) is 3.32. The molecule has 0 saturated carbocycles. The zero-order valence-electron chi connectivity index (χ0n) is 14.9. The topological polar surface area (TPSA) is 38.3 Å². The fraction of sp³-hybridized carbons (Fsp3) is 0.136. The van der Waals surface area contributed by atoms with Crippen molar-refractivity contribution in [2.24, 2.45) is 0 Å². The molecule has 0 aliphatic heterocycles. The predicted octanol–water partition coefficient (Wildman–Crippen LogP) is 5.58. The Morgan fingerprint density at radius 3 is 2.56 bits per heavy atom. The van der Waals surface area contributed by atoms with Crippen molar-refractivity contribution in [2.75, 3.05) is 5.32 Å². The van der Waals surface area contributed by atoms with Gasteiger partial charge in [-0.1, -0.05) is 36.9 Å². The zero-order valence-corrected chi connectivity index (χ0v) is 14.9. The zero-order chi connectivity index (χ0) is 18.2. The van der Waals surface area contributed by atoms with E-state index < -0.39 is 0 Å². The molecule has 0 saturated heterocycles. The molecule has 2 rings (SSSR count). The number of rotatable bonds is 6. The molecule has 0 bridgehead atoms. The smallest absolute Gasteiger partial charge is 0.259 e. The number of carbonyl (C=O) groups is 1. The largest absolute Gasteiger partial charge is 0.457 e. The van der Waals surface area contributed by atoms with Gasteiger partial charge in [0.1, 0.15) is 11.5 Å². The molecule has 2 aromatic rings. The van der Waals surface area contributed by atoms with Gasteiger partial charge in [-0.15, -0.1) is 0 Å². The summed E-state index contributed by atoms with van der Waals surface area (Å²) >= 11 is 0.